The number of aromatic nitrogens is 2. The zero-order valence-electron chi connectivity index (χ0n) is 14.4. The minimum absolute atomic E-state index is 0.0668. The first-order valence-corrected chi connectivity index (χ1v) is 7.97. The largest absolute Gasteiger partial charge is 0.464 e. The molecule has 2 aromatic heterocycles. The number of fused-ring (bicyclic) bond motifs is 1. The molecule has 2 N–H and O–H groups in total. The van der Waals surface area contributed by atoms with Gasteiger partial charge in [0, 0.05) is 31.1 Å². The van der Waals surface area contributed by atoms with E-state index in [4.69, 9.17) is 9.47 Å². The van der Waals surface area contributed by atoms with Crippen LogP contribution < -0.4 is 5.32 Å². The van der Waals surface area contributed by atoms with Gasteiger partial charge in [-0.2, -0.15) is 0 Å². The quantitative estimate of drug-likeness (QED) is 0.573. The fraction of sp³-hybridized carbons (Fsp3) is 0.412. The summed E-state index contributed by atoms with van der Waals surface area (Å²) in [6.45, 7) is 4.61. The summed E-state index contributed by atoms with van der Waals surface area (Å²) >= 11 is 0. The SMILES string of the molecule is CCOC(=O)C(Cc1c[nH]c2cnccc12)(NC(C)=O)C(=O)OCC. The monoisotopic (exact) mass is 347 g/mol. The highest BCUT2D eigenvalue weighted by atomic mass is 16.6. The smallest absolute Gasteiger partial charge is 0.344 e. The molecular formula is C17H21N3O5. The molecule has 8 nitrogen and oxygen atoms in total. The van der Waals surface area contributed by atoms with Crippen molar-refractivity contribution in [1.82, 2.24) is 15.3 Å². The molecule has 0 fully saturated rings. The van der Waals surface area contributed by atoms with Gasteiger partial charge in [0.15, 0.2) is 0 Å². The fourth-order valence-corrected chi connectivity index (χ4v) is 2.65. The van der Waals surface area contributed by atoms with Crippen molar-refractivity contribution in [3.8, 4) is 0 Å². The molecule has 0 aliphatic heterocycles. The van der Waals surface area contributed by atoms with Gasteiger partial charge < -0.3 is 19.8 Å². The molecule has 1 amide bonds. The van der Waals surface area contributed by atoms with Crippen molar-refractivity contribution in [3.05, 3.63) is 30.2 Å². The van der Waals surface area contributed by atoms with Gasteiger partial charge in [0.2, 0.25) is 11.4 Å². The minimum atomic E-state index is -1.95. The lowest BCUT2D eigenvalue weighted by molar-refractivity contribution is -0.167. The van der Waals surface area contributed by atoms with Gasteiger partial charge >= 0.3 is 11.9 Å². The highest BCUT2D eigenvalue weighted by Gasteiger charge is 2.50. The summed E-state index contributed by atoms with van der Waals surface area (Å²) in [6, 6.07) is 1.76. The maximum atomic E-state index is 12.6. The van der Waals surface area contributed by atoms with Gasteiger partial charge in [0.1, 0.15) is 0 Å². The average molecular weight is 347 g/mol. The standard InChI is InChI=1S/C17H21N3O5/c1-4-24-15(22)17(20-11(3)21,16(23)25-5-2)8-12-9-19-14-10-18-7-6-13(12)14/h6-7,9-10,19H,4-5,8H2,1-3H3,(H,20,21). The van der Waals surface area contributed by atoms with E-state index in [1.165, 1.54) is 6.92 Å². The van der Waals surface area contributed by atoms with Crippen molar-refractivity contribution in [2.45, 2.75) is 32.7 Å². The fourth-order valence-electron chi connectivity index (χ4n) is 2.65. The summed E-state index contributed by atoms with van der Waals surface area (Å²) < 4.78 is 10.1. The molecule has 2 rings (SSSR count). The third-order valence-electron chi connectivity index (χ3n) is 3.66. The number of hydrogen-bond acceptors (Lipinski definition) is 6. The molecule has 0 saturated carbocycles. The number of nitrogens with zero attached hydrogens (tertiary/aromatic N) is 1. The van der Waals surface area contributed by atoms with Crippen LogP contribution in [-0.2, 0) is 30.3 Å². The Bertz CT molecular complexity index is 765. The van der Waals surface area contributed by atoms with Crippen molar-refractivity contribution in [1.29, 1.82) is 0 Å². The molecule has 0 bridgehead atoms. The molecule has 2 heterocycles. The molecule has 0 aliphatic rings. The lowest BCUT2D eigenvalue weighted by Crippen LogP contribution is -2.62. The Morgan fingerprint density at radius 2 is 1.84 bits per heavy atom. The van der Waals surface area contributed by atoms with Crippen molar-refractivity contribution < 1.29 is 23.9 Å². The second kappa shape index (κ2) is 7.78. The Morgan fingerprint density at radius 3 is 2.40 bits per heavy atom. The Kier molecular flexibility index (Phi) is 5.74. The minimum Gasteiger partial charge on any atom is -0.464 e. The normalized spacial score (nSPS) is 11.2. The van der Waals surface area contributed by atoms with E-state index in [2.05, 4.69) is 15.3 Å². The zero-order valence-corrected chi connectivity index (χ0v) is 14.4. The van der Waals surface area contributed by atoms with Crippen molar-refractivity contribution >= 4 is 28.7 Å². The number of H-pyrrole nitrogens is 1. The van der Waals surface area contributed by atoms with Gasteiger partial charge in [-0.05, 0) is 25.5 Å². The van der Waals surface area contributed by atoms with Crippen molar-refractivity contribution in [2.75, 3.05) is 13.2 Å². The number of amides is 1. The van der Waals surface area contributed by atoms with Crippen LogP contribution >= 0.6 is 0 Å². The first-order valence-electron chi connectivity index (χ1n) is 7.97. The van der Waals surface area contributed by atoms with Crippen LogP contribution in [0.25, 0.3) is 10.9 Å². The Morgan fingerprint density at radius 1 is 1.20 bits per heavy atom. The highest BCUT2D eigenvalue weighted by Crippen LogP contribution is 2.24. The molecule has 2 aromatic rings. The molecule has 0 aliphatic carbocycles. The second-order valence-electron chi connectivity index (χ2n) is 5.44. The predicted octanol–water partition coefficient (Wildman–Crippen LogP) is 1.11. The predicted molar refractivity (Wildman–Crippen MR) is 89.6 cm³/mol. The maximum absolute atomic E-state index is 12.6. The van der Waals surface area contributed by atoms with E-state index in [1.54, 1.807) is 38.5 Å². The number of rotatable bonds is 7. The summed E-state index contributed by atoms with van der Waals surface area (Å²) in [6.07, 6.45) is 4.80. The number of carbonyl (C=O) groups excluding carboxylic acids is 3. The third-order valence-corrected chi connectivity index (χ3v) is 3.66. The van der Waals surface area contributed by atoms with Crippen LogP contribution in [-0.4, -0.2) is 46.6 Å². The molecular weight excluding hydrogens is 326 g/mol. The molecule has 0 spiro atoms. The molecule has 0 radical (unpaired) electrons. The number of pyridine rings is 1. The van der Waals surface area contributed by atoms with Crippen molar-refractivity contribution in [3.63, 3.8) is 0 Å². The summed E-state index contributed by atoms with van der Waals surface area (Å²) in [5.74, 6) is -2.25. The number of aromatic amines is 1. The third kappa shape index (κ3) is 3.78. The van der Waals surface area contributed by atoms with Crippen LogP contribution in [0.5, 0.6) is 0 Å². The topological polar surface area (TPSA) is 110 Å². The second-order valence-corrected chi connectivity index (χ2v) is 5.44. The van der Waals surface area contributed by atoms with E-state index in [0.29, 0.717) is 5.56 Å². The molecule has 25 heavy (non-hydrogen) atoms. The number of nitrogens with one attached hydrogen (secondary N) is 2. The van der Waals surface area contributed by atoms with Crippen LogP contribution in [0.1, 0.15) is 26.3 Å². The Labute approximate surface area is 144 Å². The molecule has 0 aromatic carbocycles. The van der Waals surface area contributed by atoms with Gasteiger partial charge in [-0.3, -0.25) is 9.78 Å². The van der Waals surface area contributed by atoms with Gasteiger partial charge in [0.25, 0.3) is 0 Å². The molecule has 8 heteroatoms. The lowest BCUT2D eigenvalue weighted by atomic mass is 9.90. The number of ether oxygens (including phenoxy) is 2. The van der Waals surface area contributed by atoms with Gasteiger partial charge in [-0.15, -0.1) is 0 Å². The van der Waals surface area contributed by atoms with E-state index in [9.17, 15) is 14.4 Å². The summed E-state index contributed by atoms with van der Waals surface area (Å²) in [5, 5.41) is 3.24. The van der Waals surface area contributed by atoms with Crippen LogP contribution in [0.15, 0.2) is 24.7 Å². The van der Waals surface area contributed by atoms with E-state index >= 15 is 0 Å². The summed E-state index contributed by atoms with van der Waals surface area (Å²) in [5.41, 5.74) is -0.537. The zero-order chi connectivity index (χ0) is 18.4. The maximum Gasteiger partial charge on any atom is 0.344 e. The number of carbonyl (C=O) groups is 3. The molecule has 134 valence electrons. The summed E-state index contributed by atoms with van der Waals surface area (Å²) in [7, 11) is 0. The molecule has 0 unspecified atom stereocenters. The van der Waals surface area contributed by atoms with E-state index in [-0.39, 0.29) is 19.6 Å². The number of hydrogen-bond donors (Lipinski definition) is 2. The van der Waals surface area contributed by atoms with Gasteiger partial charge in [-0.25, -0.2) is 9.59 Å². The van der Waals surface area contributed by atoms with Gasteiger partial charge in [0.05, 0.1) is 24.9 Å². The van der Waals surface area contributed by atoms with Crippen molar-refractivity contribution in [2.24, 2.45) is 0 Å². The van der Waals surface area contributed by atoms with Crippen LogP contribution in [0.4, 0.5) is 0 Å². The van der Waals surface area contributed by atoms with Crippen LogP contribution in [0, 0.1) is 0 Å². The first-order chi connectivity index (χ1) is 11.9. The van der Waals surface area contributed by atoms with E-state index < -0.39 is 23.4 Å². The Hall–Kier alpha value is -2.90. The molecule has 0 atom stereocenters. The summed E-state index contributed by atoms with van der Waals surface area (Å²) in [4.78, 5) is 44.0. The van der Waals surface area contributed by atoms with E-state index in [1.807, 2.05) is 0 Å². The van der Waals surface area contributed by atoms with E-state index in [0.717, 1.165) is 10.9 Å². The Balaban J connectivity index is 2.52. The first kappa shape index (κ1) is 18.4. The molecule has 0 saturated heterocycles. The number of esters is 2. The highest BCUT2D eigenvalue weighted by molar-refractivity contribution is 6.08. The average Bonchev–Trinajstić information content (AvgIpc) is 2.97. The van der Waals surface area contributed by atoms with Gasteiger partial charge in [-0.1, -0.05) is 0 Å². The van der Waals surface area contributed by atoms with Crippen LogP contribution in [0.3, 0.4) is 0 Å². The van der Waals surface area contributed by atoms with Crippen LogP contribution in [0.2, 0.25) is 0 Å². The lowest BCUT2D eigenvalue weighted by Gasteiger charge is -2.29.